The first kappa shape index (κ1) is 26.2. The van der Waals surface area contributed by atoms with Gasteiger partial charge in [-0.1, -0.05) is 44.2 Å². The number of pyridine rings is 1. The van der Waals surface area contributed by atoms with Crippen molar-refractivity contribution in [1.82, 2.24) is 15.0 Å². The molecule has 2 aromatic heterocycles. The van der Waals surface area contributed by atoms with E-state index < -0.39 is 23.6 Å². The Hall–Kier alpha value is -2.46. The molecular formula is C24H31F3N4O2S. The van der Waals surface area contributed by atoms with Gasteiger partial charge in [0, 0.05) is 17.8 Å². The molecule has 0 radical (unpaired) electrons. The number of benzene rings is 1. The van der Waals surface area contributed by atoms with Gasteiger partial charge in [0.2, 0.25) is 0 Å². The van der Waals surface area contributed by atoms with E-state index in [1.54, 1.807) is 13.0 Å². The molecule has 1 atom stereocenters. The molecule has 2 heterocycles. The number of nitrogens with one attached hydrogen (secondary N) is 1. The summed E-state index contributed by atoms with van der Waals surface area (Å²) in [4.78, 5) is 11.3. The Morgan fingerprint density at radius 1 is 1.12 bits per heavy atom. The molecule has 1 aliphatic rings. The van der Waals surface area contributed by atoms with Crippen LogP contribution in [0.1, 0.15) is 56.2 Å². The second-order valence-electron chi connectivity index (χ2n) is 8.44. The van der Waals surface area contributed by atoms with Crippen LogP contribution in [0.25, 0.3) is 11.0 Å². The maximum Gasteiger partial charge on any atom is 0.422 e. The number of para-hydroxylation sites is 2. The van der Waals surface area contributed by atoms with Crippen LogP contribution in [0.3, 0.4) is 0 Å². The van der Waals surface area contributed by atoms with E-state index in [-0.39, 0.29) is 11.5 Å². The SMILES string of the molecule is Cc1c(OCC(F)(F)F)ccnc1CS(=O)c1nc2ccccc2[nH]1.NC1CCCCCCC1. The molecular weight excluding hydrogens is 465 g/mol. The van der Waals surface area contributed by atoms with Gasteiger partial charge in [-0.05, 0) is 38.0 Å². The van der Waals surface area contributed by atoms with Crippen molar-refractivity contribution in [2.24, 2.45) is 5.73 Å². The van der Waals surface area contributed by atoms with Crippen molar-refractivity contribution in [2.45, 2.75) is 75.0 Å². The first-order valence-corrected chi connectivity index (χ1v) is 12.8. The Morgan fingerprint density at radius 3 is 2.47 bits per heavy atom. The maximum atomic E-state index is 12.5. The van der Waals surface area contributed by atoms with Crippen molar-refractivity contribution in [3.63, 3.8) is 0 Å². The van der Waals surface area contributed by atoms with Crippen LogP contribution in [0.4, 0.5) is 13.2 Å². The minimum absolute atomic E-state index is 0.0227. The second kappa shape index (κ2) is 12.3. The summed E-state index contributed by atoms with van der Waals surface area (Å²) in [5, 5.41) is 0.295. The maximum absolute atomic E-state index is 12.5. The van der Waals surface area contributed by atoms with E-state index in [0.29, 0.717) is 28.0 Å². The predicted octanol–water partition coefficient (Wildman–Crippen LogP) is 5.57. The minimum atomic E-state index is -4.42. The average molecular weight is 497 g/mol. The number of H-pyrrole nitrogens is 1. The van der Waals surface area contributed by atoms with Gasteiger partial charge in [0.25, 0.3) is 0 Å². The largest absolute Gasteiger partial charge is 0.484 e. The zero-order valence-electron chi connectivity index (χ0n) is 19.2. The summed E-state index contributed by atoms with van der Waals surface area (Å²) in [6.07, 6.45) is 6.42. The van der Waals surface area contributed by atoms with Crippen LogP contribution in [-0.2, 0) is 16.6 Å². The standard InChI is InChI=1S/C16H14F3N3O2S.C8H17N/c1-10-13(20-7-6-14(10)24-9-16(17,18)19)8-25(23)15-21-11-4-2-3-5-12(11)22-15;9-8-6-4-2-1-3-5-7-8/h2-7H,8-9H2,1H3,(H,21,22);8H,1-7,9H2. The number of nitrogens with zero attached hydrogens (tertiary/aromatic N) is 2. The van der Waals surface area contributed by atoms with Gasteiger partial charge < -0.3 is 15.5 Å². The molecule has 3 aromatic rings. The lowest BCUT2D eigenvalue weighted by atomic mass is 9.98. The minimum Gasteiger partial charge on any atom is -0.484 e. The monoisotopic (exact) mass is 496 g/mol. The molecule has 1 aliphatic carbocycles. The fourth-order valence-corrected chi connectivity index (χ4v) is 4.84. The summed E-state index contributed by atoms with van der Waals surface area (Å²) in [5.41, 5.74) is 8.09. The third-order valence-corrected chi connectivity index (χ3v) is 6.81. The number of imidazole rings is 1. The molecule has 186 valence electrons. The molecule has 0 bridgehead atoms. The molecule has 4 rings (SSSR count). The molecule has 6 nitrogen and oxygen atoms in total. The number of aromatic amines is 1. The molecule has 1 unspecified atom stereocenters. The first-order valence-electron chi connectivity index (χ1n) is 11.5. The van der Waals surface area contributed by atoms with Gasteiger partial charge in [0.05, 0.1) is 33.3 Å². The van der Waals surface area contributed by atoms with Crippen LogP contribution < -0.4 is 10.5 Å². The van der Waals surface area contributed by atoms with Crippen LogP contribution in [0.5, 0.6) is 5.75 Å². The van der Waals surface area contributed by atoms with Crippen molar-refractivity contribution in [1.29, 1.82) is 0 Å². The van der Waals surface area contributed by atoms with E-state index >= 15 is 0 Å². The summed E-state index contributed by atoms with van der Waals surface area (Å²) in [6.45, 7) is 0.202. The predicted molar refractivity (Wildman–Crippen MR) is 127 cm³/mol. The number of alkyl halides is 3. The quantitative estimate of drug-likeness (QED) is 0.481. The molecule has 10 heteroatoms. The van der Waals surface area contributed by atoms with Crippen molar-refractivity contribution < 1.29 is 22.1 Å². The van der Waals surface area contributed by atoms with E-state index in [1.165, 1.54) is 57.2 Å². The zero-order chi connectivity index (χ0) is 24.6. The van der Waals surface area contributed by atoms with Gasteiger partial charge in [-0.15, -0.1) is 0 Å². The lowest BCUT2D eigenvalue weighted by Gasteiger charge is -2.13. The van der Waals surface area contributed by atoms with E-state index in [4.69, 9.17) is 10.5 Å². The number of hydrogen-bond donors (Lipinski definition) is 2. The van der Waals surface area contributed by atoms with Gasteiger partial charge in [-0.25, -0.2) is 4.98 Å². The number of aromatic nitrogens is 3. The van der Waals surface area contributed by atoms with Crippen molar-refractivity contribution in [2.75, 3.05) is 6.61 Å². The molecule has 34 heavy (non-hydrogen) atoms. The molecule has 0 saturated heterocycles. The van der Waals surface area contributed by atoms with Crippen LogP contribution in [0.2, 0.25) is 0 Å². The highest BCUT2D eigenvalue weighted by Crippen LogP contribution is 2.25. The molecule has 1 saturated carbocycles. The topological polar surface area (TPSA) is 93.9 Å². The molecule has 0 spiro atoms. The van der Waals surface area contributed by atoms with E-state index in [2.05, 4.69) is 15.0 Å². The fraction of sp³-hybridized carbons (Fsp3) is 0.500. The number of rotatable bonds is 5. The van der Waals surface area contributed by atoms with Crippen molar-refractivity contribution in [3.8, 4) is 5.75 Å². The van der Waals surface area contributed by atoms with E-state index in [1.807, 2.05) is 18.2 Å². The fourth-order valence-electron chi connectivity index (χ4n) is 3.74. The van der Waals surface area contributed by atoms with Crippen molar-refractivity contribution in [3.05, 3.63) is 47.8 Å². The molecule has 1 fully saturated rings. The Kier molecular flexibility index (Phi) is 9.46. The Balaban J connectivity index is 0.000000302. The lowest BCUT2D eigenvalue weighted by Crippen LogP contribution is -2.20. The van der Waals surface area contributed by atoms with E-state index in [0.717, 1.165) is 5.52 Å². The normalized spacial score (nSPS) is 16.3. The summed E-state index contributed by atoms with van der Waals surface area (Å²) in [5.74, 6) is 0.0958. The van der Waals surface area contributed by atoms with Gasteiger partial charge >= 0.3 is 6.18 Å². The first-order chi connectivity index (χ1) is 16.2. The summed E-state index contributed by atoms with van der Waals surface area (Å²) in [7, 11) is -1.51. The van der Waals surface area contributed by atoms with Crippen LogP contribution in [0, 0.1) is 6.92 Å². The Labute approximate surface area is 200 Å². The van der Waals surface area contributed by atoms with Gasteiger partial charge in [-0.3, -0.25) is 9.19 Å². The van der Waals surface area contributed by atoms with Gasteiger partial charge in [0.1, 0.15) is 5.75 Å². The highest BCUT2D eigenvalue weighted by molar-refractivity contribution is 7.84. The number of fused-ring (bicyclic) bond motifs is 1. The number of nitrogens with two attached hydrogens (primary N) is 1. The second-order valence-corrected chi connectivity index (χ2v) is 9.81. The third kappa shape index (κ3) is 8.09. The number of halogens is 3. The summed E-state index contributed by atoms with van der Waals surface area (Å²) < 4.78 is 54.2. The van der Waals surface area contributed by atoms with Crippen molar-refractivity contribution >= 4 is 21.8 Å². The number of ether oxygens (including phenoxy) is 1. The highest BCUT2D eigenvalue weighted by Gasteiger charge is 2.29. The molecule has 1 aromatic carbocycles. The van der Waals surface area contributed by atoms with Gasteiger partial charge in [-0.2, -0.15) is 13.2 Å². The van der Waals surface area contributed by atoms with Crippen LogP contribution in [-0.4, -0.2) is 38.0 Å². The zero-order valence-corrected chi connectivity index (χ0v) is 20.1. The Morgan fingerprint density at radius 2 is 1.79 bits per heavy atom. The molecule has 0 amide bonds. The third-order valence-electron chi connectivity index (χ3n) is 5.65. The number of hydrogen-bond acceptors (Lipinski definition) is 5. The molecule has 3 N–H and O–H groups in total. The summed E-state index contributed by atoms with van der Waals surface area (Å²) in [6, 6.07) is 9.14. The summed E-state index contributed by atoms with van der Waals surface area (Å²) >= 11 is 0. The molecule has 0 aliphatic heterocycles. The van der Waals surface area contributed by atoms with E-state index in [9.17, 15) is 17.4 Å². The highest BCUT2D eigenvalue weighted by atomic mass is 32.2. The average Bonchev–Trinajstić information content (AvgIpc) is 3.21. The Bertz CT molecular complexity index is 1050. The van der Waals surface area contributed by atoms with Gasteiger partial charge in [0.15, 0.2) is 11.8 Å². The van der Waals surface area contributed by atoms with Crippen LogP contribution in [0.15, 0.2) is 41.7 Å². The lowest BCUT2D eigenvalue weighted by molar-refractivity contribution is -0.153. The smallest absolute Gasteiger partial charge is 0.422 e. The van der Waals surface area contributed by atoms with Crippen LogP contribution >= 0.6 is 0 Å².